The molecule has 104 valence electrons. The van der Waals surface area contributed by atoms with Crippen LogP contribution in [0.1, 0.15) is 49.9 Å². The first-order valence-corrected chi connectivity index (χ1v) is 6.94. The van der Waals surface area contributed by atoms with Crippen molar-refractivity contribution in [1.29, 1.82) is 0 Å². The Labute approximate surface area is 115 Å². The van der Waals surface area contributed by atoms with E-state index in [4.69, 9.17) is 0 Å². The molecule has 1 saturated carbocycles. The van der Waals surface area contributed by atoms with Gasteiger partial charge < -0.3 is 10.6 Å². The molecule has 0 radical (unpaired) electrons. The van der Waals surface area contributed by atoms with Gasteiger partial charge in [0.05, 0.1) is 5.56 Å². The summed E-state index contributed by atoms with van der Waals surface area (Å²) in [5, 5.41) is 6.15. The van der Waals surface area contributed by atoms with Crippen LogP contribution in [0.5, 0.6) is 0 Å². The number of pyridine rings is 1. The Balaban J connectivity index is 1.98. The van der Waals surface area contributed by atoms with E-state index in [0.29, 0.717) is 17.0 Å². The molecule has 0 aromatic carbocycles. The monoisotopic (exact) mass is 261 g/mol. The number of amides is 1. The second-order valence-corrected chi connectivity index (χ2v) is 6.08. The second kappa shape index (κ2) is 5.59. The van der Waals surface area contributed by atoms with Crippen LogP contribution in [0.3, 0.4) is 0 Å². The first-order valence-electron chi connectivity index (χ1n) is 6.94. The van der Waals surface area contributed by atoms with Gasteiger partial charge in [-0.05, 0) is 37.2 Å². The lowest BCUT2D eigenvalue weighted by Crippen LogP contribution is -2.39. The molecule has 1 amide bonds. The van der Waals surface area contributed by atoms with Gasteiger partial charge in [0.1, 0.15) is 0 Å². The Hall–Kier alpha value is -1.58. The Morgan fingerprint density at radius 2 is 2.05 bits per heavy atom. The largest absolute Gasteiger partial charge is 0.387 e. The smallest absolute Gasteiger partial charge is 0.255 e. The molecule has 19 heavy (non-hydrogen) atoms. The molecule has 0 bridgehead atoms. The minimum Gasteiger partial charge on any atom is -0.387 e. The summed E-state index contributed by atoms with van der Waals surface area (Å²) >= 11 is 0. The SMILES string of the molecule is CNc1ccncc1C(=O)NC1CCC(C)(C)CC1. The third-order valence-corrected chi connectivity index (χ3v) is 4.01. The number of nitrogens with one attached hydrogen (secondary N) is 2. The van der Waals surface area contributed by atoms with Crippen molar-refractivity contribution in [3.05, 3.63) is 24.0 Å². The highest BCUT2D eigenvalue weighted by Crippen LogP contribution is 2.35. The van der Waals surface area contributed by atoms with Crippen LogP contribution >= 0.6 is 0 Å². The number of hydrogen-bond acceptors (Lipinski definition) is 3. The Bertz CT molecular complexity index is 446. The topological polar surface area (TPSA) is 54.0 Å². The van der Waals surface area contributed by atoms with Crippen molar-refractivity contribution in [1.82, 2.24) is 10.3 Å². The van der Waals surface area contributed by atoms with Crippen LogP contribution in [0.25, 0.3) is 0 Å². The van der Waals surface area contributed by atoms with E-state index in [9.17, 15) is 4.79 Å². The molecule has 1 aliphatic rings. The second-order valence-electron chi connectivity index (χ2n) is 6.08. The van der Waals surface area contributed by atoms with Gasteiger partial charge in [0.2, 0.25) is 0 Å². The zero-order valence-corrected chi connectivity index (χ0v) is 12.0. The highest BCUT2D eigenvalue weighted by molar-refractivity contribution is 5.99. The molecule has 4 heteroatoms. The van der Waals surface area contributed by atoms with Crippen LogP contribution < -0.4 is 10.6 Å². The van der Waals surface area contributed by atoms with Gasteiger partial charge in [0.15, 0.2) is 0 Å². The molecule has 2 N–H and O–H groups in total. The summed E-state index contributed by atoms with van der Waals surface area (Å²) in [5.74, 6) is -0.0258. The summed E-state index contributed by atoms with van der Waals surface area (Å²) in [6.07, 6.45) is 7.77. The molecule has 0 unspecified atom stereocenters. The van der Waals surface area contributed by atoms with Crippen molar-refractivity contribution >= 4 is 11.6 Å². The molecule has 1 aliphatic carbocycles. The maximum absolute atomic E-state index is 12.3. The number of rotatable bonds is 3. The summed E-state index contributed by atoms with van der Waals surface area (Å²) in [4.78, 5) is 16.3. The van der Waals surface area contributed by atoms with Crippen molar-refractivity contribution in [3.63, 3.8) is 0 Å². The maximum atomic E-state index is 12.3. The van der Waals surface area contributed by atoms with E-state index < -0.39 is 0 Å². The Morgan fingerprint density at radius 3 is 2.68 bits per heavy atom. The highest BCUT2D eigenvalue weighted by Gasteiger charge is 2.28. The number of aromatic nitrogens is 1. The first-order chi connectivity index (χ1) is 9.02. The van der Waals surface area contributed by atoms with Gasteiger partial charge in [-0.2, -0.15) is 0 Å². The lowest BCUT2D eigenvalue weighted by molar-refractivity contribution is 0.0909. The molecule has 1 aromatic heterocycles. The van der Waals surface area contributed by atoms with E-state index in [1.807, 2.05) is 13.1 Å². The zero-order valence-electron chi connectivity index (χ0n) is 12.0. The van der Waals surface area contributed by atoms with Crippen molar-refractivity contribution < 1.29 is 4.79 Å². The molecule has 0 spiro atoms. The van der Waals surface area contributed by atoms with Crippen LogP contribution in [0, 0.1) is 5.41 Å². The fraction of sp³-hybridized carbons (Fsp3) is 0.600. The zero-order chi connectivity index (χ0) is 13.9. The molecular weight excluding hydrogens is 238 g/mol. The lowest BCUT2D eigenvalue weighted by atomic mass is 9.75. The molecule has 0 atom stereocenters. The van der Waals surface area contributed by atoms with E-state index in [2.05, 4.69) is 29.5 Å². The highest BCUT2D eigenvalue weighted by atomic mass is 16.1. The summed E-state index contributed by atoms with van der Waals surface area (Å²) in [6, 6.07) is 2.12. The van der Waals surface area contributed by atoms with Crippen LogP contribution in [0.15, 0.2) is 18.5 Å². The van der Waals surface area contributed by atoms with Crippen LogP contribution in [0.2, 0.25) is 0 Å². The molecule has 1 aromatic rings. The van der Waals surface area contributed by atoms with Gasteiger partial charge in [-0.3, -0.25) is 9.78 Å². The molecule has 0 aliphatic heterocycles. The number of nitrogens with zero attached hydrogens (tertiary/aromatic N) is 1. The van der Waals surface area contributed by atoms with E-state index in [1.165, 1.54) is 12.8 Å². The molecule has 1 heterocycles. The van der Waals surface area contributed by atoms with E-state index in [0.717, 1.165) is 18.5 Å². The Morgan fingerprint density at radius 1 is 1.37 bits per heavy atom. The van der Waals surface area contributed by atoms with Crippen LogP contribution in [-0.2, 0) is 0 Å². The van der Waals surface area contributed by atoms with Crippen molar-refractivity contribution in [3.8, 4) is 0 Å². The average molecular weight is 261 g/mol. The third kappa shape index (κ3) is 3.46. The van der Waals surface area contributed by atoms with Gasteiger partial charge in [-0.25, -0.2) is 0 Å². The third-order valence-electron chi connectivity index (χ3n) is 4.01. The number of carbonyl (C=O) groups is 1. The number of hydrogen-bond donors (Lipinski definition) is 2. The van der Waals surface area contributed by atoms with Gasteiger partial charge in [0, 0.05) is 31.2 Å². The molecule has 1 fully saturated rings. The van der Waals surface area contributed by atoms with E-state index in [1.54, 1.807) is 12.4 Å². The van der Waals surface area contributed by atoms with Gasteiger partial charge in [-0.1, -0.05) is 13.8 Å². The minimum absolute atomic E-state index is 0.0258. The quantitative estimate of drug-likeness (QED) is 0.879. The van der Waals surface area contributed by atoms with Crippen LogP contribution in [-0.4, -0.2) is 24.0 Å². The van der Waals surface area contributed by atoms with Gasteiger partial charge in [-0.15, -0.1) is 0 Å². The predicted molar refractivity (Wildman–Crippen MR) is 77.3 cm³/mol. The fourth-order valence-corrected chi connectivity index (χ4v) is 2.60. The van der Waals surface area contributed by atoms with Crippen molar-refractivity contribution in [2.24, 2.45) is 5.41 Å². The van der Waals surface area contributed by atoms with Crippen LogP contribution in [0.4, 0.5) is 5.69 Å². The summed E-state index contributed by atoms with van der Waals surface area (Å²) < 4.78 is 0. The molecule has 0 saturated heterocycles. The van der Waals surface area contributed by atoms with Crippen molar-refractivity contribution in [2.75, 3.05) is 12.4 Å². The number of carbonyl (C=O) groups excluding carboxylic acids is 1. The van der Waals surface area contributed by atoms with Gasteiger partial charge >= 0.3 is 0 Å². The normalized spacial score (nSPS) is 18.9. The Kier molecular flexibility index (Phi) is 4.08. The fourth-order valence-electron chi connectivity index (χ4n) is 2.60. The summed E-state index contributed by atoms with van der Waals surface area (Å²) in [7, 11) is 1.81. The average Bonchev–Trinajstić information content (AvgIpc) is 2.41. The van der Waals surface area contributed by atoms with E-state index in [-0.39, 0.29) is 5.91 Å². The summed E-state index contributed by atoms with van der Waals surface area (Å²) in [5.41, 5.74) is 1.87. The predicted octanol–water partition coefficient (Wildman–Crippen LogP) is 2.82. The van der Waals surface area contributed by atoms with Gasteiger partial charge in [0.25, 0.3) is 5.91 Å². The van der Waals surface area contributed by atoms with Crippen molar-refractivity contribution in [2.45, 2.75) is 45.6 Å². The molecule has 4 nitrogen and oxygen atoms in total. The standard InChI is InChI=1S/C15H23N3O/c1-15(2)7-4-11(5-8-15)18-14(19)12-10-17-9-6-13(12)16-3/h6,9-11H,4-5,7-8H2,1-3H3,(H,16,17)(H,18,19). The molecular formula is C15H23N3O. The maximum Gasteiger partial charge on any atom is 0.255 e. The minimum atomic E-state index is -0.0258. The van der Waals surface area contributed by atoms with E-state index >= 15 is 0 Å². The summed E-state index contributed by atoms with van der Waals surface area (Å²) in [6.45, 7) is 4.59. The first kappa shape index (κ1) is 13.8. The molecule has 2 rings (SSSR count). The number of anilines is 1. The lowest BCUT2D eigenvalue weighted by Gasteiger charge is -2.34.